The molecule has 0 saturated heterocycles. The average Bonchev–Trinajstić information content (AvgIpc) is 2.89. The molecule has 1 N–H and O–H groups in total. The number of aryl methyl sites for hydroxylation is 1. The lowest BCUT2D eigenvalue weighted by molar-refractivity contribution is -0.141. The molecule has 0 unspecified atom stereocenters. The van der Waals surface area contributed by atoms with Gasteiger partial charge in [0.15, 0.2) is 0 Å². The van der Waals surface area contributed by atoms with Gasteiger partial charge in [0.05, 0.1) is 11.9 Å². The second-order valence-corrected chi connectivity index (χ2v) is 12.1. The summed E-state index contributed by atoms with van der Waals surface area (Å²) in [4.78, 5) is 28.9. The van der Waals surface area contributed by atoms with Crippen molar-refractivity contribution in [3.8, 4) is 0 Å². The summed E-state index contributed by atoms with van der Waals surface area (Å²) < 4.78 is 40.4. The number of sulfonamides is 1. The minimum absolute atomic E-state index is 0.0212. The predicted molar refractivity (Wildman–Crippen MR) is 157 cm³/mol. The van der Waals surface area contributed by atoms with Crippen LogP contribution >= 0.6 is 0 Å². The van der Waals surface area contributed by atoms with Gasteiger partial charge in [0.2, 0.25) is 21.8 Å². The van der Waals surface area contributed by atoms with Gasteiger partial charge < -0.3 is 10.2 Å². The Morgan fingerprint density at radius 3 is 2.17 bits per heavy atom. The maximum Gasteiger partial charge on any atom is 0.243 e. The molecule has 0 aliphatic carbocycles. The first-order valence-corrected chi connectivity index (χ1v) is 15.2. The molecule has 1 atom stereocenters. The summed E-state index contributed by atoms with van der Waals surface area (Å²) in [6.07, 6.45) is 1.46. The van der Waals surface area contributed by atoms with E-state index in [9.17, 15) is 22.4 Å². The van der Waals surface area contributed by atoms with Crippen molar-refractivity contribution in [3.63, 3.8) is 0 Å². The molecule has 214 valence electrons. The Morgan fingerprint density at radius 1 is 0.925 bits per heavy atom. The molecule has 9 heteroatoms. The standard InChI is InChI=1S/C31H38FN3O4S/c1-23(2)33-31(37)29(21-25-14-6-5-7-15-25)34(22-26-16-9-8-13-24(26)3)30(36)19-12-20-35(40(4,38)39)28-18-11-10-17-27(28)32/h5-11,13-18,23,29H,12,19-22H2,1-4H3,(H,33,37)/t29-/m1/s1. The number of nitrogens with zero attached hydrogens (tertiary/aromatic N) is 2. The van der Waals surface area contributed by atoms with E-state index in [4.69, 9.17) is 0 Å². The SMILES string of the molecule is Cc1ccccc1CN(C(=O)CCCN(c1ccccc1F)S(C)(=O)=O)[C@H](Cc1ccccc1)C(=O)NC(C)C. The molecule has 0 heterocycles. The number of carbonyl (C=O) groups excluding carboxylic acids is 2. The number of benzene rings is 3. The van der Waals surface area contributed by atoms with Gasteiger partial charge in [-0.25, -0.2) is 12.8 Å². The first kappa shape index (κ1) is 30.8. The minimum Gasteiger partial charge on any atom is -0.352 e. The number of hydrogen-bond acceptors (Lipinski definition) is 4. The fourth-order valence-corrected chi connectivity index (χ4v) is 5.51. The predicted octanol–water partition coefficient (Wildman–Crippen LogP) is 4.85. The summed E-state index contributed by atoms with van der Waals surface area (Å²) in [5, 5.41) is 2.96. The number of carbonyl (C=O) groups is 2. The van der Waals surface area contributed by atoms with Crippen molar-refractivity contribution in [2.45, 2.75) is 58.7 Å². The third-order valence-corrected chi connectivity index (χ3v) is 7.76. The topological polar surface area (TPSA) is 86.8 Å². The molecule has 0 aliphatic heterocycles. The van der Waals surface area contributed by atoms with Crippen LogP contribution in [0.15, 0.2) is 78.9 Å². The average molecular weight is 568 g/mol. The van der Waals surface area contributed by atoms with Gasteiger partial charge in [0.25, 0.3) is 0 Å². The van der Waals surface area contributed by atoms with Crippen molar-refractivity contribution in [1.29, 1.82) is 0 Å². The molecule has 0 fully saturated rings. The normalized spacial score (nSPS) is 12.2. The molecular formula is C31H38FN3O4S. The number of amides is 2. The van der Waals surface area contributed by atoms with Crippen molar-refractivity contribution in [3.05, 3.63) is 101 Å². The maximum absolute atomic E-state index is 14.4. The van der Waals surface area contributed by atoms with Crippen molar-refractivity contribution in [2.24, 2.45) is 0 Å². The Bertz CT molecular complexity index is 1400. The summed E-state index contributed by atoms with van der Waals surface area (Å²) in [7, 11) is -3.79. The van der Waals surface area contributed by atoms with Crippen molar-refractivity contribution in [2.75, 3.05) is 17.1 Å². The summed E-state index contributed by atoms with van der Waals surface area (Å²) >= 11 is 0. The largest absolute Gasteiger partial charge is 0.352 e. The Hall–Kier alpha value is -3.72. The van der Waals surface area contributed by atoms with Crippen LogP contribution in [-0.4, -0.2) is 50.0 Å². The van der Waals surface area contributed by atoms with Crippen LogP contribution in [0.1, 0.15) is 43.4 Å². The molecule has 40 heavy (non-hydrogen) atoms. The van der Waals surface area contributed by atoms with Crippen LogP contribution < -0.4 is 9.62 Å². The van der Waals surface area contributed by atoms with Crippen LogP contribution in [0, 0.1) is 12.7 Å². The van der Waals surface area contributed by atoms with E-state index < -0.39 is 21.9 Å². The molecule has 7 nitrogen and oxygen atoms in total. The highest BCUT2D eigenvalue weighted by Crippen LogP contribution is 2.23. The lowest BCUT2D eigenvalue weighted by atomic mass is 10.0. The maximum atomic E-state index is 14.4. The number of halogens is 1. The highest BCUT2D eigenvalue weighted by atomic mass is 32.2. The zero-order valence-corrected chi connectivity index (χ0v) is 24.3. The Labute approximate surface area is 237 Å². The molecule has 0 spiro atoms. The molecule has 3 rings (SSSR count). The molecular weight excluding hydrogens is 529 g/mol. The van der Waals surface area contributed by atoms with Crippen molar-refractivity contribution in [1.82, 2.24) is 10.2 Å². The van der Waals surface area contributed by atoms with Crippen LogP contribution in [-0.2, 0) is 32.6 Å². The fraction of sp³-hybridized carbons (Fsp3) is 0.355. The molecule has 3 aromatic rings. The third kappa shape index (κ3) is 8.64. The molecule has 0 aromatic heterocycles. The summed E-state index contributed by atoms with van der Waals surface area (Å²) in [5.74, 6) is -1.20. The van der Waals surface area contributed by atoms with Gasteiger partial charge in [-0.1, -0.05) is 66.7 Å². The van der Waals surface area contributed by atoms with Crippen LogP contribution in [0.2, 0.25) is 0 Å². The number of para-hydroxylation sites is 1. The van der Waals surface area contributed by atoms with E-state index >= 15 is 0 Å². The van der Waals surface area contributed by atoms with E-state index in [1.54, 1.807) is 11.0 Å². The van der Waals surface area contributed by atoms with Gasteiger partial charge in [-0.3, -0.25) is 13.9 Å². The lowest BCUT2D eigenvalue weighted by Crippen LogP contribution is -2.52. The summed E-state index contributed by atoms with van der Waals surface area (Å²) in [5.41, 5.74) is 2.76. The highest BCUT2D eigenvalue weighted by molar-refractivity contribution is 7.92. The summed E-state index contributed by atoms with van der Waals surface area (Å²) in [6, 6.07) is 22.0. The van der Waals surface area contributed by atoms with E-state index in [0.29, 0.717) is 6.42 Å². The van der Waals surface area contributed by atoms with Crippen LogP contribution in [0.3, 0.4) is 0 Å². The second-order valence-electron chi connectivity index (χ2n) is 10.2. The van der Waals surface area contributed by atoms with Gasteiger partial charge in [0.1, 0.15) is 11.9 Å². The zero-order valence-electron chi connectivity index (χ0n) is 23.5. The van der Waals surface area contributed by atoms with Gasteiger partial charge in [-0.15, -0.1) is 0 Å². The van der Waals surface area contributed by atoms with Crippen molar-refractivity contribution < 1.29 is 22.4 Å². The van der Waals surface area contributed by atoms with E-state index in [-0.39, 0.29) is 49.5 Å². The van der Waals surface area contributed by atoms with E-state index in [0.717, 1.165) is 27.3 Å². The van der Waals surface area contributed by atoms with Gasteiger partial charge >= 0.3 is 0 Å². The molecule has 2 amide bonds. The van der Waals surface area contributed by atoms with Crippen LogP contribution in [0.5, 0.6) is 0 Å². The Balaban J connectivity index is 1.90. The number of anilines is 1. The molecule has 0 radical (unpaired) electrons. The quantitative estimate of drug-likeness (QED) is 0.320. The number of hydrogen-bond donors (Lipinski definition) is 1. The van der Waals surface area contributed by atoms with E-state index in [1.807, 2.05) is 75.4 Å². The number of rotatable bonds is 13. The van der Waals surface area contributed by atoms with E-state index in [2.05, 4.69) is 5.32 Å². The van der Waals surface area contributed by atoms with Gasteiger partial charge in [-0.2, -0.15) is 0 Å². The molecule has 0 saturated carbocycles. The molecule has 0 bridgehead atoms. The lowest BCUT2D eigenvalue weighted by Gasteiger charge is -2.33. The van der Waals surface area contributed by atoms with Crippen LogP contribution in [0.25, 0.3) is 0 Å². The monoisotopic (exact) mass is 567 g/mol. The Morgan fingerprint density at radius 2 is 1.55 bits per heavy atom. The Kier molecular flexibility index (Phi) is 10.8. The highest BCUT2D eigenvalue weighted by Gasteiger charge is 2.31. The first-order chi connectivity index (χ1) is 19.0. The smallest absolute Gasteiger partial charge is 0.243 e. The van der Waals surface area contributed by atoms with Gasteiger partial charge in [0, 0.05) is 32.0 Å². The number of nitrogens with one attached hydrogen (secondary N) is 1. The second kappa shape index (κ2) is 14.1. The molecule has 3 aromatic carbocycles. The summed E-state index contributed by atoms with van der Waals surface area (Å²) in [6.45, 7) is 5.83. The minimum atomic E-state index is -3.79. The van der Waals surface area contributed by atoms with Gasteiger partial charge in [-0.05, 0) is 56.0 Å². The first-order valence-electron chi connectivity index (χ1n) is 13.4. The zero-order chi connectivity index (χ0) is 29.3. The fourth-order valence-electron chi connectivity index (χ4n) is 4.54. The third-order valence-electron chi connectivity index (χ3n) is 6.58. The van der Waals surface area contributed by atoms with Crippen molar-refractivity contribution >= 4 is 27.5 Å². The van der Waals surface area contributed by atoms with E-state index in [1.165, 1.54) is 18.2 Å². The molecule has 0 aliphatic rings. The van der Waals surface area contributed by atoms with Crippen LogP contribution in [0.4, 0.5) is 10.1 Å².